The number of aliphatic imine (C=N–C) groups is 1. The van der Waals surface area contributed by atoms with Gasteiger partial charge in [-0.25, -0.2) is 4.99 Å². The molecule has 1 aromatic rings. The minimum atomic E-state index is -0.159. The van der Waals surface area contributed by atoms with Crippen LogP contribution in [0.4, 0.5) is 0 Å². The number of aromatic nitrogens is 2. The van der Waals surface area contributed by atoms with Gasteiger partial charge in [0.05, 0.1) is 0 Å². The molecule has 0 saturated heterocycles. The highest BCUT2D eigenvalue weighted by Gasteiger charge is 2.14. The lowest BCUT2D eigenvalue weighted by atomic mass is 9.87. The molecule has 0 bridgehead atoms. The standard InChI is InChI=1S/C18H33N5O2/c1-4-19-18(20-12-11-15-9-7-6-8-10-15)21-13-16-22-17(23-25-16)14(3)24-5-2/h14-15H,4-13H2,1-3H3,(H2,19,20,21). The van der Waals surface area contributed by atoms with Gasteiger partial charge in [-0.1, -0.05) is 37.3 Å². The first-order chi connectivity index (χ1) is 12.2. The molecular formula is C18H33N5O2. The highest BCUT2D eigenvalue weighted by atomic mass is 16.5. The van der Waals surface area contributed by atoms with Crippen molar-refractivity contribution in [1.29, 1.82) is 0 Å². The minimum absolute atomic E-state index is 0.159. The van der Waals surface area contributed by atoms with E-state index >= 15 is 0 Å². The van der Waals surface area contributed by atoms with Crippen molar-refractivity contribution < 1.29 is 9.26 Å². The Kier molecular flexibility index (Phi) is 8.72. The summed E-state index contributed by atoms with van der Waals surface area (Å²) in [7, 11) is 0. The summed E-state index contributed by atoms with van der Waals surface area (Å²) < 4.78 is 10.7. The lowest BCUT2D eigenvalue weighted by molar-refractivity contribution is 0.0683. The number of rotatable bonds is 9. The minimum Gasteiger partial charge on any atom is -0.371 e. The van der Waals surface area contributed by atoms with E-state index in [4.69, 9.17) is 9.26 Å². The molecular weight excluding hydrogens is 318 g/mol. The third-order valence-corrected chi connectivity index (χ3v) is 4.55. The molecule has 25 heavy (non-hydrogen) atoms. The Morgan fingerprint density at radius 2 is 2.08 bits per heavy atom. The van der Waals surface area contributed by atoms with Crippen LogP contribution in [0.3, 0.4) is 0 Å². The summed E-state index contributed by atoms with van der Waals surface area (Å²) in [4.78, 5) is 8.89. The molecule has 2 N–H and O–H groups in total. The lowest BCUT2D eigenvalue weighted by Crippen LogP contribution is -2.38. The number of ether oxygens (including phenoxy) is 1. The fourth-order valence-corrected chi connectivity index (χ4v) is 3.18. The molecule has 0 spiro atoms. The monoisotopic (exact) mass is 351 g/mol. The Morgan fingerprint density at radius 1 is 1.28 bits per heavy atom. The van der Waals surface area contributed by atoms with Crippen LogP contribution in [-0.4, -0.2) is 35.8 Å². The largest absolute Gasteiger partial charge is 0.371 e. The molecule has 7 heteroatoms. The number of guanidine groups is 1. The number of hydrogen-bond acceptors (Lipinski definition) is 5. The summed E-state index contributed by atoms with van der Waals surface area (Å²) in [5, 5.41) is 10.6. The van der Waals surface area contributed by atoms with Crippen molar-refractivity contribution >= 4 is 5.96 Å². The van der Waals surface area contributed by atoms with Gasteiger partial charge < -0.3 is 19.9 Å². The van der Waals surface area contributed by atoms with Gasteiger partial charge in [-0.2, -0.15) is 4.98 Å². The fraction of sp³-hybridized carbons (Fsp3) is 0.833. The number of nitrogens with one attached hydrogen (secondary N) is 2. The van der Waals surface area contributed by atoms with E-state index in [2.05, 4.69) is 32.7 Å². The Labute approximate surface area is 151 Å². The van der Waals surface area contributed by atoms with Gasteiger partial charge in [-0.05, 0) is 33.1 Å². The Morgan fingerprint density at radius 3 is 2.80 bits per heavy atom. The summed E-state index contributed by atoms with van der Waals surface area (Å²) >= 11 is 0. The molecule has 1 unspecified atom stereocenters. The molecule has 0 aliphatic heterocycles. The van der Waals surface area contributed by atoms with Crippen LogP contribution < -0.4 is 10.6 Å². The summed E-state index contributed by atoms with van der Waals surface area (Å²) in [5.74, 6) is 2.74. The van der Waals surface area contributed by atoms with E-state index in [-0.39, 0.29) is 6.10 Å². The average Bonchev–Trinajstić information content (AvgIpc) is 3.10. The Bertz CT molecular complexity index is 511. The molecule has 1 aliphatic carbocycles. The predicted molar refractivity (Wildman–Crippen MR) is 98.3 cm³/mol. The van der Waals surface area contributed by atoms with Crippen LogP contribution in [0.1, 0.15) is 77.1 Å². The lowest BCUT2D eigenvalue weighted by Gasteiger charge is -2.22. The highest BCUT2D eigenvalue weighted by Crippen LogP contribution is 2.25. The number of hydrogen-bond donors (Lipinski definition) is 2. The third-order valence-electron chi connectivity index (χ3n) is 4.55. The molecule has 142 valence electrons. The van der Waals surface area contributed by atoms with Gasteiger partial charge in [0.2, 0.25) is 5.89 Å². The second-order valence-corrected chi connectivity index (χ2v) is 6.56. The molecule has 1 aliphatic rings. The molecule has 0 amide bonds. The van der Waals surface area contributed by atoms with Crippen molar-refractivity contribution in [3.63, 3.8) is 0 Å². The van der Waals surface area contributed by atoms with Crippen molar-refractivity contribution in [1.82, 2.24) is 20.8 Å². The smallest absolute Gasteiger partial charge is 0.248 e. The first-order valence-corrected chi connectivity index (χ1v) is 9.69. The average molecular weight is 351 g/mol. The van der Waals surface area contributed by atoms with E-state index in [1.807, 2.05) is 13.8 Å². The van der Waals surface area contributed by atoms with E-state index in [0.717, 1.165) is 25.0 Å². The second kappa shape index (κ2) is 11.1. The molecule has 1 fully saturated rings. The summed E-state index contributed by atoms with van der Waals surface area (Å²) in [6.07, 6.45) is 7.98. The molecule has 2 rings (SSSR count). The van der Waals surface area contributed by atoms with E-state index in [1.165, 1.54) is 38.5 Å². The summed E-state index contributed by atoms with van der Waals surface area (Å²) in [6.45, 7) is 8.69. The SMILES string of the molecule is CCNC(=NCc1nc(C(C)OCC)no1)NCCC1CCCCC1. The fourth-order valence-electron chi connectivity index (χ4n) is 3.18. The van der Waals surface area contributed by atoms with Crippen molar-refractivity contribution in [2.24, 2.45) is 10.9 Å². The zero-order valence-electron chi connectivity index (χ0n) is 15.9. The zero-order valence-corrected chi connectivity index (χ0v) is 15.9. The van der Waals surface area contributed by atoms with Crippen molar-refractivity contribution in [2.45, 2.75) is 71.9 Å². The van der Waals surface area contributed by atoms with Gasteiger partial charge in [0, 0.05) is 19.7 Å². The Hall–Kier alpha value is -1.63. The van der Waals surface area contributed by atoms with Crippen LogP contribution >= 0.6 is 0 Å². The maximum Gasteiger partial charge on any atom is 0.248 e. The first kappa shape index (κ1) is 19.7. The Balaban J connectivity index is 1.79. The van der Waals surface area contributed by atoms with Crippen molar-refractivity contribution in [2.75, 3.05) is 19.7 Å². The molecule has 7 nitrogen and oxygen atoms in total. The maximum absolute atomic E-state index is 5.47. The van der Waals surface area contributed by atoms with Crippen LogP contribution in [0.15, 0.2) is 9.52 Å². The van der Waals surface area contributed by atoms with Crippen LogP contribution in [0.25, 0.3) is 0 Å². The normalized spacial score (nSPS) is 17.5. The highest BCUT2D eigenvalue weighted by molar-refractivity contribution is 5.79. The van der Waals surface area contributed by atoms with Gasteiger partial charge in [-0.15, -0.1) is 0 Å². The predicted octanol–water partition coefficient (Wildman–Crippen LogP) is 3.19. The molecule has 1 aromatic heterocycles. The van der Waals surface area contributed by atoms with Crippen molar-refractivity contribution in [3.8, 4) is 0 Å². The summed E-state index contributed by atoms with van der Waals surface area (Å²) in [5.41, 5.74) is 0. The zero-order chi connectivity index (χ0) is 17.9. The molecule has 0 aromatic carbocycles. The van der Waals surface area contributed by atoms with E-state index in [0.29, 0.717) is 24.9 Å². The quantitative estimate of drug-likeness (QED) is 0.525. The van der Waals surface area contributed by atoms with Crippen LogP contribution in [0.2, 0.25) is 0 Å². The van der Waals surface area contributed by atoms with Crippen molar-refractivity contribution in [3.05, 3.63) is 11.7 Å². The second-order valence-electron chi connectivity index (χ2n) is 6.56. The molecule has 0 radical (unpaired) electrons. The third kappa shape index (κ3) is 7.02. The topological polar surface area (TPSA) is 84.6 Å². The van der Waals surface area contributed by atoms with Crippen LogP contribution in [0.5, 0.6) is 0 Å². The number of nitrogens with zero attached hydrogens (tertiary/aromatic N) is 3. The maximum atomic E-state index is 5.47. The van der Waals surface area contributed by atoms with E-state index < -0.39 is 0 Å². The van der Waals surface area contributed by atoms with Gasteiger partial charge >= 0.3 is 0 Å². The van der Waals surface area contributed by atoms with Gasteiger partial charge in [-0.3, -0.25) is 0 Å². The molecule has 1 heterocycles. The van der Waals surface area contributed by atoms with Gasteiger partial charge in [0.1, 0.15) is 12.6 Å². The van der Waals surface area contributed by atoms with Crippen LogP contribution in [0, 0.1) is 5.92 Å². The molecule has 1 atom stereocenters. The van der Waals surface area contributed by atoms with Crippen LogP contribution in [-0.2, 0) is 11.3 Å². The summed E-state index contributed by atoms with van der Waals surface area (Å²) in [6, 6.07) is 0. The van der Waals surface area contributed by atoms with E-state index in [1.54, 1.807) is 0 Å². The van der Waals surface area contributed by atoms with Gasteiger partial charge in [0.15, 0.2) is 11.8 Å². The van der Waals surface area contributed by atoms with E-state index in [9.17, 15) is 0 Å². The molecule has 1 saturated carbocycles. The van der Waals surface area contributed by atoms with Gasteiger partial charge in [0.25, 0.3) is 0 Å². The first-order valence-electron chi connectivity index (χ1n) is 9.69.